The first-order valence-electron chi connectivity index (χ1n) is 9.45. The Kier molecular flexibility index (Phi) is 7.44. The maximum absolute atomic E-state index is 11.6. The Morgan fingerprint density at radius 3 is 1.64 bits per heavy atom. The smallest absolute Gasteiger partial charge is 0.339 e. The highest BCUT2D eigenvalue weighted by Crippen LogP contribution is 2.34. The van der Waals surface area contributed by atoms with Gasteiger partial charge in [-0.3, -0.25) is 0 Å². The molecular formula is C22H26O6. The number of ether oxygens (including phenoxy) is 2. The molecule has 0 aromatic heterocycles. The van der Waals surface area contributed by atoms with Crippen LogP contribution in [0.4, 0.5) is 0 Å². The number of hydrogen-bond acceptors (Lipinski definition) is 4. The van der Waals surface area contributed by atoms with Gasteiger partial charge < -0.3 is 19.7 Å². The molecule has 0 aliphatic rings. The molecule has 0 aliphatic heterocycles. The van der Waals surface area contributed by atoms with Crippen LogP contribution in [0, 0.1) is 0 Å². The van der Waals surface area contributed by atoms with Crippen molar-refractivity contribution in [3.63, 3.8) is 0 Å². The molecule has 0 unspecified atom stereocenters. The van der Waals surface area contributed by atoms with Crippen molar-refractivity contribution in [1.82, 2.24) is 0 Å². The summed E-state index contributed by atoms with van der Waals surface area (Å²) in [5.74, 6) is -2.95. The van der Waals surface area contributed by atoms with Crippen molar-refractivity contribution in [2.45, 2.75) is 51.7 Å². The molecule has 0 saturated carbocycles. The van der Waals surface area contributed by atoms with Crippen LogP contribution >= 0.6 is 0 Å². The Morgan fingerprint density at radius 1 is 0.786 bits per heavy atom. The van der Waals surface area contributed by atoms with Crippen molar-refractivity contribution in [3.8, 4) is 11.5 Å². The average molecular weight is 386 g/mol. The van der Waals surface area contributed by atoms with Gasteiger partial charge in [0.2, 0.25) is 0 Å². The second kappa shape index (κ2) is 9.78. The SMILES string of the molecule is CCCCC(CCC)(Oc1ccccc1C(=O)O)Oc1ccccc1C(=O)O. The number of carboxylic acids is 2. The number of rotatable bonds is 11. The van der Waals surface area contributed by atoms with Crippen LogP contribution in [0.25, 0.3) is 0 Å². The molecule has 0 atom stereocenters. The third-order valence-electron chi connectivity index (χ3n) is 4.37. The second-order valence-corrected chi connectivity index (χ2v) is 6.57. The van der Waals surface area contributed by atoms with Gasteiger partial charge in [0, 0.05) is 12.8 Å². The summed E-state index contributed by atoms with van der Waals surface area (Å²) in [6, 6.07) is 12.8. The summed E-state index contributed by atoms with van der Waals surface area (Å²) in [6.45, 7) is 4.01. The van der Waals surface area contributed by atoms with E-state index in [4.69, 9.17) is 9.47 Å². The summed E-state index contributed by atoms with van der Waals surface area (Å²) < 4.78 is 12.4. The van der Waals surface area contributed by atoms with Crippen LogP contribution < -0.4 is 9.47 Å². The summed E-state index contributed by atoms with van der Waals surface area (Å²) in [7, 11) is 0. The first-order chi connectivity index (χ1) is 13.4. The van der Waals surface area contributed by atoms with Crippen molar-refractivity contribution in [3.05, 3.63) is 59.7 Å². The molecule has 6 nitrogen and oxygen atoms in total. The molecular weight excluding hydrogens is 360 g/mol. The van der Waals surface area contributed by atoms with Crippen LogP contribution in [0.5, 0.6) is 11.5 Å². The van der Waals surface area contributed by atoms with Crippen LogP contribution in [0.2, 0.25) is 0 Å². The Hall–Kier alpha value is -3.02. The third-order valence-corrected chi connectivity index (χ3v) is 4.37. The molecule has 2 rings (SSSR count). The monoisotopic (exact) mass is 386 g/mol. The molecule has 0 aliphatic carbocycles. The van der Waals surface area contributed by atoms with E-state index >= 15 is 0 Å². The van der Waals surface area contributed by atoms with E-state index in [0.717, 1.165) is 12.8 Å². The van der Waals surface area contributed by atoms with Crippen molar-refractivity contribution < 1.29 is 29.3 Å². The van der Waals surface area contributed by atoms with Crippen LogP contribution in [0.3, 0.4) is 0 Å². The minimum Gasteiger partial charge on any atom is -0.478 e. The summed E-state index contributed by atoms with van der Waals surface area (Å²) in [6.07, 6.45) is 3.37. The molecule has 0 saturated heterocycles. The highest BCUT2D eigenvalue weighted by molar-refractivity contribution is 5.91. The van der Waals surface area contributed by atoms with Gasteiger partial charge in [0.25, 0.3) is 5.79 Å². The predicted octanol–water partition coefficient (Wildman–Crippen LogP) is 5.23. The number of aromatic carboxylic acids is 2. The molecule has 28 heavy (non-hydrogen) atoms. The molecule has 0 fully saturated rings. The van der Waals surface area contributed by atoms with Gasteiger partial charge in [-0.15, -0.1) is 0 Å². The van der Waals surface area contributed by atoms with Gasteiger partial charge in [0.15, 0.2) is 0 Å². The summed E-state index contributed by atoms with van der Waals surface area (Å²) in [5.41, 5.74) is 0.0733. The van der Waals surface area contributed by atoms with E-state index < -0.39 is 17.7 Å². The van der Waals surface area contributed by atoms with Gasteiger partial charge in [0.05, 0.1) is 0 Å². The lowest BCUT2D eigenvalue weighted by atomic mass is 10.0. The van der Waals surface area contributed by atoms with Gasteiger partial charge >= 0.3 is 11.9 Å². The van der Waals surface area contributed by atoms with Crippen molar-refractivity contribution in [1.29, 1.82) is 0 Å². The van der Waals surface area contributed by atoms with E-state index in [-0.39, 0.29) is 22.6 Å². The van der Waals surface area contributed by atoms with E-state index in [0.29, 0.717) is 19.3 Å². The van der Waals surface area contributed by atoms with Crippen molar-refractivity contribution >= 4 is 11.9 Å². The van der Waals surface area contributed by atoms with E-state index in [9.17, 15) is 19.8 Å². The van der Waals surface area contributed by atoms with Gasteiger partial charge in [-0.2, -0.15) is 0 Å². The van der Waals surface area contributed by atoms with Crippen LogP contribution in [0.15, 0.2) is 48.5 Å². The van der Waals surface area contributed by atoms with Gasteiger partial charge in [0.1, 0.15) is 22.6 Å². The highest BCUT2D eigenvalue weighted by atomic mass is 16.7. The molecule has 0 radical (unpaired) electrons. The fourth-order valence-electron chi connectivity index (χ4n) is 3.04. The number of carboxylic acid groups (broad SMARTS) is 2. The lowest BCUT2D eigenvalue weighted by Gasteiger charge is -2.35. The maximum atomic E-state index is 11.6. The van der Waals surface area contributed by atoms with E-state index in [1.165, 1.54) is 12.1 Å². The van der Waals surface area contributed by atoms with Crippen molar-refractivity contribution in [2.75, 3.05) is 0 Å². The zero-order chi connectivity index (χ0) is 20.6. The quantitative estimate of drug-likeness (QED) is 0.514. The Morgan fingerprint density at radius 2 is 1.25 bits per heavy atom. The largest absolute Gasteiger partial charge is 0.478 e. The molecule has 0 spiro atoms. The van der Waals surface area contributed by atoms with Crippen LogP contribution in [-0.2, 0) is 0 Å². The highest BCUT2D eigenvalue weighted by Gasteiger charge is 2.36. The third kappa shape index (κ3) is 5.25. The fourth-order valence-corrected chi connectivity index (χ4v) is 3.04. The molecule has 0 bridgehead atoms. The zero-order valence-corrected chi connectivity index (χ0v) is 16.2. The topological polar surface area (TPSA) is 93.1 Å². The van der Waals surface area contributed by atoms with E-state index in [2.05, 4.69) is 0 Å². The number of benzene rings is 2. The Balaban J connectivity index is 2.48. The number of hydrogen-bond donors (Lipinski definition) is 2. The fraction of sp³-hybridized carbons (Fsp3) is 0.364. The second-order valence-electron chi connectivity index (χ2n) is 6.57. The zero-order valence-electron chi connectivity index (χ0n) is 16.2. The number of unbranched alkanes of at least 4 members (excludes halogenated alkanes) is 1. The Bertz CT molecular complexity index is 755. The summed E-state index contributed by atoms with van der Waals surface area (Å²) in [5, 5.41) is 19.0. The van der Waals surface area contributed by atoms with E-state index in [1.54, 1.807) is 36.4 Å². The molecule has 0 amide bonds. The standard InChI is InChI=1S/C22H26O6/c1-3-5-15-22(14-4-2,27-18-12-8-6-10-16(18)20(23)24)28-19-13-9-7-11-17(19)21(25)26/h6-13H,3-5,14-15H2,1-2H3,(H,23,24)(H,25,26). The minimum absolute atomic E-state index is 0.0367. The van der Waals surface area contributed by atoms with Crippen LogP contribution in [0.1, 0.15) is 66.7 Å². The van der Waals surface area contributed by atoms with Crippen molar-refractivity contribution in [2.24, 2.45) is 0 Å². The lowest BCUT2D eigenvalue weighted by molar-refractivity contribution is -0.127. The number of para-hydroxylation sites is 2. The molecule has 2 N–H and O–H groups in total. The van der Waals surface area contributed by atoms with E-state index in [1.807, 2.05) is 13.8 Å². The molecule has 150 valence electrons. The first kappa shape index (κ1) is 21.3. The molecule has 0 heterocycles. The average Bonchev–Trinajstić information content (AvgIpc) is 2.67. The van der Waals surface area contributed by atoms with Gasteiger partial charge in [-0.05, 0) is 37.1 Å². The predicted molar refractivity (Wildman–Crippen MR) is 105 cm³/mol. The summed E-state index contributed by atoms with van der Waals surface area (Å²) in [4.78, 5) is 23.2. The first-order valence-corrected chi connectivity index (χ1v) is 9.45. The molecule has 2 aromatic carbocycles. The lowest BCUT2D eigenvalue weighted by Crippen LogP contribution is -2.43. The van der Waals surface area contributed by atoms with Crippen LogP contribution in [-0.4, -0.2) is 27.9 Å². The van der Waals surface area contributed by atoms with Gasteiger partial charge in [-0.1, -0.05) is 44.5 Å². The minimum atomic E-state index is -1.16. The normalized spacial score (nSPS) is 11.1. The maximum Gasteiger partial charge on any atom is 0.339 e. The molecule has 6 heteroatoms. The number of carbonyl (C=O) groups is 2. The summed E-state index contributed by atoms with van der Waals surface area (Å²) >= 11 is 0. The van der Waals surface area contributed by atoms with Gasteiger partial charge in [-0.25, -0.2) is 9.59 Å². The molecule has 2 aromatic rings. The Labute approximate surface area is 164 Å².